The maximum absolute atomic E-state index is 11.9. The average molecular weight is 340 g/mol. The van der Waals surface area contributed by atoms with Gasteiger partial charge < -0.3 is 16.4 Å². The lowest BCUT2D eigenvalue weighted by atomic mass is 10.1. The second-order valence-electron chi connectivity index (χ2n) is 5.18. The summed E-state index contributed by atoms with van der Waals surface area (Å²) in [5, 5.41) is 6.37. The van der Waals surface area contributed by atoms with Gasteiger partial charge in [0.1, 0.15) is 5.01 Å². The van der Waals surface area contributed by atoms with E-state index in [4.69, 9.17) is 5.73 Å². The number of fused-ring (bicyclic) bond motifs is 1. The van der Waals surface area contributed by atoms with Crippen molar-refractivity contribution in [2.24, 2.45) is 5.73 Å². The number of nitrogens with zero attached hydrogens (tertiary/aromatic N) is 1. The van der Waals surface area contributed by atoms with Gasteiger partial charge in [0.2, 0.25) is 5.91 Å². The first-order chi connectivity index (χ1) is 11.6. The third-order valence-corrected chi connectivity index (χ3v) is 4.44. The Morgan fingerprint density at radius 2 is 1.83 bits per heavy atom. The molecule has 4 N–H and O–H groups in total. The minimum Gasteiger partial charge on any atom is -0.366 e. The van der Waals surface area contributed by atoms with Crippen LogP contribution in [-0.4, -0.2) is 16.9 Å². The average Bonchev–Trinajstić information content (AvgIpc) is 3.01. The van der Waals surface area contributed by atoms with Crippen molar-refractivity contribution in [3.8, 4) is 0 Å². The number of amides is 3. The molecule has 1 aromatic heterocycles. The molecule has 0 aliphatic rings. The molecule has 0 saturated carbocycles. The lowest BCUT2D eigenvalue weighted by Gasteiger charge is -2.07. The number of carbonyl (C=O) groups is 2. The molecule has 0 aliphatic carbocycles. The Kier molecular flexibility index (Phi) is 4.72. The predicted octanol–water partition coefficient (Wildman–Crippen LogP) is 2.39. The summed E-state index contributed by atoms with van der Waals surface area (Å²) in [5.41, 5.74) is 7.40. The van der Waals surface area contributed by atoms with E-state index in [1.165, 1.54) is 0 Å². The molecule has 0 bridgehead atoms. The molecule has 0 aliphatic heterocycles. The van der Waals surface area contributed by atoms with Gasteiger partial charge in [-0.2, -0.15) is 0 Å². The van der Waals surface area contributed by atoms with Crippen LogP contribution in [0.3, 0.4) is 0 Å². The minimum absolute atomic E-state index is 0.293. The quantitative estimate of drug-likeness (QED) is 0.665. The van der Waals surface area contributed by atoms with Gasteiger partial charge in [-0.1, -0.05) is 24.3 Å². The van der Waals surface area contributed by atoms with E-state index < -0.39 is 5.91 Å². The number of aromatic nitrogens is 1. The number of thiazole rings is 1. The van der Waals surface area contributed by atoms with E-state index in [1.807, 2.05) is 30.3 Å². The van der Waals surface area contributed by atoms with E-state index in [9.17, 15) is 9.59 Å². The maximum Gasteiger partial charge on any atom is 0.315 e. The summed E-state index contributed by atoms with van der Waals surface area (Å²) in [6, 6.07) is 14.4. The van der Waals surface area contributed by atoms with E-state index in [0.717, 1.165) is 20.8 Å². The van der Waals surface area contributed by atoms with Crippen molar-refractivity contribution in [3.63, 3.8) is 0 Å². The summed E-state index contributed by atoms with van der Waals surface area (Å²) >= 11 is 1.55. The first-order valence-electron chi connectivity index (χ1n) is 7.37. The zero-order chi connectivity index (χ0) is 16.9. The van der Waals surface area contributed by atoms with E-state index in [0.29, 0.717) is 18.7 Å². The Morgan fingerprint density at radius 3 is 2.62 bits per heavy atom. The van der Waals surface area contributed by atoms with Gasteiger partial charge in [-0.25, -0.2) is 9.78 Å². The summed E-state index contributed by atoms with van der Waals surface area (Å²) in [4.78, 5) is 27.5. The van der Waals surface area contributed by atoms with Gasteiger partial charge in [-0.05, 0) is 29.8 Å². The molecule has 0 radical (unpaired) electrons. The van der Waals surface area contributed by atoms with Crippen LogP contribution in [0.25, 0.3) is 10.2 Å². The van der Waals surface area contributed by atoms with Gasteiger partial charge in [0.15, 0.2) is 0 Å². The summed E-state index contributed by atoms with van der Waals surface area (Å²) in [5.74, 6) is -0.489. The second-order valence-corrected chi connectivity index (χ2v) is 6.29. The maximum atomic E-state index is 11.9. The highest BCUT2D eigenvalue weighted by Crippen LogP contribution is 2.21. The van der Waals surface area contributed by atoms with Crippen LogP contribution in [0, 0.1) is 0 Å². The van der Waals surface area contributed by atoms with Crippen molar-refractivity contribution < 1.29 is 9.59 Å². The number of primary amides is 1. The zero-order valence-corrected chi connectivity index (χ0v) is 13.6. The second kappa shape index (κ2) is 7.10. The molecule has 3 amide bonds. The van der Waals surface area contributed by atoms with E-state index >= 15 is 0 Å². The number of carbonyl (C=O) groups excluding carboxylic acids is 2. The number of nitrogens with one attached hydrogen (secondary N) is 2. The molecule has 3 rings (SSSR count). The number of rotatable bonds is 5. The Hall–Kier alpha value is -2.93. The van der Waals surface area contributed by atoms with Crippen molar-refractivity contribution in [3.05, 3.63) is 64.7 Å². The molecule has 3 aromatic rings. The number of nitrogens with two attached hydrogens (primary N) is 1. The number of hydrogen-bond donors (Lipinski definition) is 3. The molecule has 0 atom stereocenters. The smallest absolute Gasteiger partial charge is 0.315 e. The fourth-order valence-corrected chi connectivity index (χ4v) is 3.14. The first-order valence-corrected chi connectivity index (χ1v) is 8.18. The fourth-order valence-electron chi connectivity index (χ4n) is 2.23. The molecule has 6 nitrogen and oxygen atoms in total. The van der Waals surface area contributed by atoms with Crippen LogP contribution < -0.4 is 16.4 Å². The highest BCUT2D eigenvalue weighted by Gasteiger charge is 2.06. The van der Waals surface area contributed by atoms with Crippen LogP contribution in [-0.2, 0) is 13.1 Å². The molecule has 2 aromatic carbocycles. The lowest BCUT2D eigenvalue weighted by molar-refractivity contribution is 0.1000. The van der Waals surface area contributed by atoms with Crippen molar-refractivity contribution in [1.82, 2.24) is 15.6 Å². The van der Waals surface area contributed by atoms with Crippen LogP contribution in [0.15, 0.2) is 48.5 Å². The Balaban J connectivity index is 1.52. The van der Waals surface area contributed by atoms with E-state index in [2.05, 4.69) is 15.6 Å². The fraction of sp³-hybridized carbons (Fsp3) is 0.118. The van der Waals surface area contributed by atoms with Gasteiger partial charge in [0.05, 0.1) is 16.8 Å². The molecule has 122 valence electrons. The third kappa shape index (κ3) is 3.88. The molecule has 1 heterocycles. The Bertz CT molecular complexity index is 858. The highest BCUT2D eigenvalue weighted by molar-refractivity contribution is 7.18. The summed E-state index contributed by atoms with van der Waals surface area (Å²) in [6.45, 7) is 0.680. The van der Waals surface area contributed by atoms with Crippen LogP contribution in [0.1, 0.15) is 20.9 Å². The summed E-state index contributed by atoms with van der Waals surface area (Å²) < 4.78 is 1.10. The summed E-state index contributed by atoms with van der Waals surface area (Å²) in [7, 11) is 0. The molecule has 0 spiro atoms. The molecule has 24 heavy (non-hydrogen) atoms. The number of para-hydroxylation sites is 1. The van der Waals surface area contributed by atoms with Crippen molar-refractivity contribution >= 4 is 33.5 Å². The number of benzene rings is 2. The molecular weight excluding hydrogens is 324 g/mol. The van der Waals surface area contributed by atoms with Gasteiger partial charge in [0.25, 0.3) is 0 Å². The van der Waals surface area contributed by atoms with Gasteiger partial charge in [-0.15, -0.1) is 11.3 Å². The van der Waals surface area contributed by atoms with Crippen LogP contribution in [0.4, 0.5) is 4.79 Å². The molecule has 7 heteroatoms. The minimum atomic E-state index is -0.489. The van der Waals surface area contributed by atoms with Crippen LogP contribution in [0.5, 0.6) is 0 Å². The Labute approximate surface area is 142 Å². The molecule has 0 unspecified atom stereocenters. The van der Waals surface area contributed by atoms with Crippen LogP contribution in [0.2, 0.25) is 0 Å². The normalized spacial score (nSPS) is 10.5. The van der Waals surface area contributed by atoms with Gasteiger partial charge >= 0.3 is 6.03 Å². The van der Waals surface area contributed by atoms with Crippen LogP contribution >= 0.6 is 11.3 Å². The zero-order valence-electron chi connectivity index (χ0n) is 12.8. The van der Waals surface area contributed by atoms with E-state index in [-0.39, 0.29) is 6.03 Å². The highest BCUT2D eigenvalue weighted by atomic mass is 32.1. The van der Waals surface area contributed by atoms with Crippen molar-refractivity contribution in [2.45, 2.75) is 13.1 Å². The molecule has 0 saturated heterocycles. The first kappa shape index (κ1) is 15.9. The largest absolute Gasteiger partial charge is 0.366 e. The monoisotopic (exact) mass is 340 g/mol. The van der Waals surface area contributed by atoms with Crippen molar-refractivity contribution in [1.29, 1.82) is 0 Å². The number of urea groups is 1. The molecular formula is C17H16N4O2S. The van der Waals surface area contributed by atoms with Crippen molar-refractivity contribution in [2.75, 3.05) is 0 Å². The Morgan fingerprint density at radius 1 is 1.04 bits per heavy atom. The third-order valence-electron chi connectivity index (χ3n) is 3.40. The van der Waals surface area contributed by atoms with Gasteiger partial charge in [-0.3, -0.25) is 4.79 Å². The standard InChI is InChI=1S/C17H16N4O2S/c18-16(22)12-5-3-4-11(8-12)9-19-17(23)20-10-15-21-13-6-1-2-7-14(13)24-15/h1-8H,9-10H2,(H2,18,22)(H2,19,20,23). The van der Waals surface area contributed by atoms with E-state index in [1.54, 1.807) is 29.5 Å². The molecule has 0 fully saturated rings. The lowest BCUT2D eigenvalue weighted by Crippen LogP contribution is -2.34. The number of hydrogen-bond acceptors (Lipinski definition) is 4. The topological polar surface area (TPSA) is 97.1 Å². The predicted molar refractivity (Wildman–Crippen MR) is 93.7 cm³/mol. The summed E-state index contributed by atoms with van der Waals surface area (Å²) in [6.07, 6.45) is 0. The van der Waals surface area contributed by atoms with Gasteiger partial charge in [0, 0.05) is 12.1 Å². The SMILES string of the molecule is NC(=O)c1cccc(CNC(=O)NCc2nc3ccccc3s2)c1.